The van der Waals surface area contributed by atoms with Crippen LogP contribution in [0.25, 0.3) is 0 Å². The molecule has 1 aliphatic carbocycles. The number of nitrogens with zero attached hydrogens (tertiary/aromatic N) is 1. The van der Waals surface area contributed by atoms with Gasteiger partial charge in [0.15, 0.2) is 0 Å². The Morgan fingerprint density at radius 3 is 2.40 bits per heavy atom. The van der Waals surface area contributed by atoms with Crippen LogP contribution < -0.4 is 0 Å². The molecule has 0 bridgehead atoms. The van der Waals surface area contributed by atoms with Gasteiger partial charge in [0.2, 0.25) is 0 Å². The summed E-state index contributed by atoms with van der Waals surface area (Å²) in [5.41, 5.74) is 1.50. The largest absolute Gasteiger partial charge is 0.480 e. The average molecular weight is 277 g/mol. The SMILES string of the molecule is COCc1ccc(C(=O)N(C2CC2)C(C)C(=O)O)cc1. The van der Waals surface area contributed by atoms with Crippen molar-refractivity contribution in [1.29, 1.82) is 0 Å². The van der Waals surface area contributed by atoms with Gasteiger partial charge in [-0.3, -0.25) is 4.79 Å². The van der Waals surface area contributed by atoms with Gasteiger partial charge in [0.25, 0.3) is 5.91 Å². The second-order valence-corrected chi connectivity index (χ2v) is 5.09. The molecule has 20 heavy (non-hydrogen) atoms. The van der Waals surface area contributed by atoms with Crippen LogP contribution in [0.15, 0.2) is 24.3 Å². The number of amides is 1. The van der Waals surface area contributed by atoms with Crippen LogP contribution in [0, 0.1) is 0 Å². The van der Waals surface area contributed by atoms with Crippen LogP contribution in [0.2, 0.25) is 0 Å². The Kier molecular flexibility index (Phi) is 4.39. The molecule has 0 saturated heterocycles. The Labute approximate surface area is 118 Å². The van der Waals surface area contributed by atoms with E-state index in [1.807, 2.05) is 12.1 Å². The van der Waals surface area contributed by atoms with Crippen LogP contribution in [-0.2, 0) is 16.1 Å². The molecule has 1 aromatic carbocycles. The summed E-state index contributed by atoms with van der Waals surface area (Å²) in [7, 11) is 1.61. The number of hydrogen-bond donors (Lipinski definition) is 1. The maximum Gasteiger partial charge on any atom is 0.326 e. The minimum Gasteiger partial charge on any atom is -0.480 e. The van der Waals surface area contributed by atoms with E-state index in [9.17, 15) is 9.59 Å². The molecule has 1 amide bonds. The summed E-state index contributed by atoms with van der Waals surface area (Å²) in [5.74, 6) is -1.19. The monoisotopic (exact) mass is 277 g/mol. The first-order valence-electron chi connectivity index (χ1n) is 6.68. The fraction of sp³-hybridized carbons (Fsp3) is 0.467. The van der Waals surface area contributed by atoms with Crippen LogP contribution in [0.3, 0.4) is 0 Å². The Balaban J connectivity index is 2.16. The highest BCUT2D eigenvalue weighted by molar-refractivity contribution is 5.97. The van der Waals surface area contributed by atoms with Crippen molar-refractivity contribution in [1.82, 2.24) is 4.90 Å². The first kappa shape index (κ1) is 14.5. The van der Waals surface area contributed by atoms with E-state index >= 15 is 0 Å². The van der Waals surface area contributed by atoms with Crippen LogP contribution in [0.4, 0.5) is 0 Å². The molecule has 1 atom stereocenters. The predicted octanol–water partition coefficient (Wildman–Crippen LogP) is 1.91. The summed E-state index contributed by atoms with van der Waals surface area (Å²) in [6.45, 7) is 2.05. The zero-order valence-corrected chi connectivity index (χ0v) is 11.7. The first-order chi connectivity index (χ1) is 9.54. The molecule has 1 fully saturated rings. The Hall–Kier alpha value is -1.88. The van der Waals surface area contributed by atoms with Crippen molar-refractivity contribution in [2.45, 2.75) is 38.5 Å². The third kappa shape index (κ3) is 3.17. The van der Waals surface area contributed by atoms with Crippen molar-refractivity contribution in [3.05, 3.63) is 35.4 Å². The fourth-order valence-corrected chi connectivity index (χ4v) is 2.19. The van der Waals surface area contributed by atoms with Crippen LogP contribution in [0.1, 0.15) is 35.7 Å². The van der Waals surface area contributed by atoms with Crippen molar-refractivity contribution in [3.63, 3.8) is 0 Å². The first-order valence-corrected chi connectivity index (χ1v) is 6.68. The quantitative estimate of drug-likeness (QED) is 0.862. The van der Waals surface area contributed by atoms with Gasteiger partial charge < -0.3 is 14.7 Å². The molecule has 5 heteroatoms. The van der Waals surface area contributed by atoms with E-state index in [-0.39, 0.29) is 11.9 Å². The van der Waals surface area contributed by atoms with E-state index in [0.717, 1.165) is 18.4 Å². The molecule has 1 N–H and O–H groups in total. The number of ether oxygens (including phenoxy) is 1. The van der Waals surface area contributed by atoms with Crippen LogP contribution >= 0.6 is 0 Å². The molecule has 1 unspecified atom stereocenters. The predicted molar refractivity (Wildman–Crippen MR) is 73.4 cm³/mol. The van der Waals surface area contributed by atoms with Gasteiger partial charge in [-0.15, -0.1) is 0 Å². The zero-order chi connectivity index (χ0) is 14.7. The summed E-state index contributed by atoms with van der Waals surface area (Å²) < 4.78 is 5.02. The molecular weight excluding hydrogens is 258 g/mol. The second-order valence-electron chi connectivity index (χ2n) is 5.09. The third-order valence-electron chi connectivity index (χ3n) is 3.46. The summed E-state index contributed by atoms with van der Waals surface area (Å²) in [6.07, 6.45) is 1.76. The Morgan fingerprint density at radius 1 is 1.35 bits per heavy atom. The molecule has 0 radical (unpaired) electrons. The highest BCUT2D eigenvalue weighted by atomic mass is 16.5. The Bertz CT molecular complexity index is 493. The van der Waals surface area contributed by atoms with Gasteiger partial charge in [-0.2, -0.15) is 0 Å². The minimum absolute atomic E-state index is 0.0623. The molecule has 5 nitrogen and oxygen atoms in total. The van der Waals surface area contributed by atoms with Crippen molar-refractivity contribution in [2.75, 3.05) is 7.11 Å². The molecule has 1 aromatic rings. The molecule has 1 aliphatic rings. The van der Waals surface area contributed by atoms with Gasteiger partial charge in [0.05, 0.1) is 6.61 Å². The van der Waals surface area contributed by atoms with Crippen LogP contribution in [-0.4, -0.2) is 41.1 Å². The van der Waals surface area contributed by atoms with Gasteiger partial charge in [-0.05, 0) is 37.5 Å². The summed E-state index contributed by atoms with van der Waals surface area (Å²) in [4.78, 5) is 25.1. The van der Waals surface area contributed by atoms with E-state index in [4.69, 9.17) is 9.84 Å². The highest BCUT2D eigenvalue weighted by Crippen LogP contribution is 2.30. The standard InChI is InChI=1S/C15H19NO4/c1-10(15(18)19)16(13-7-8-13)14(17)12-5-3-11(4-6-12)9-20-2/h3-6,10,13H,7-9H2,1-2H3,(H,18,19). The Morgan fingerprint density at radius 2 is 1.95 bits per heavy atom. The van der Waals surface area contributed by atoms with Gasteiger partial charge in [0, 0.05) is 18.7 Å². The molecular formula is C15H19NO4. The minimum atomic E-state index is -0.971. The number of carboxylic acids is 1. The van der Waals surface area contributed by atoms with E-state index in [2.05, 4.69) is 0 Å². The maximum atomic E-state index is 12.5. The molecule has 2 rings (SSSR count). The molecule has 0 spiro atoms. The number of hydrogen-bond acceptors (Lipinski definition) is 3. The van der Waals surface area contributed by atoms with E-state index in [0.29, 0.717) is 12.2 Å². The molecule has 0 heterocycles. The van der Waals surface area contributed by atoms with E-state index in [1.165, 1.54) is 4.90 Å². The summed E-state index contributed by atoms with van der Waals surface area (Å²) in [6, 6.07) is 6.36. The van der Waals surface area contributed by atoms with E-state index in [1.54, 1.807) is 26.2 Å². The number of carboxylic acid groups (broad SMARTS) is 1. The van der Waals surface area contributed by atoms with Crippen molar-refractivity contribution in [2.24, 2.45) is 0 Å². The van der Waals surface area contributed by atoms with Gasteiger partial charge in [0.1, 0.15) is 6.04 Å². The number of carbonyl (C=O) groups is 2. The number of rotatable bonds is 6. The molecule has 1 saturated carbocycles. The lowest BCUT2D eigenvalue weighted by atomic mass is 10.1. The number of carbonyl (C=O) groups excluding carboxylic acids is 1. The lowest BCUT2D eigenvalue weighted by Crippen LogP contribution is -2.44. The lowest BCUT2D eigenvalue weighted by molar-refractivity contribution is -0.141. The number of aliphatic carboxylic acids is 1. The van der Waals surface area contributed by atoms with Gasteiger partial charge in [-0.25, -0.2) is 4.79 Å². The maximum absolute atomic E-state index is 12.5. The number of benzene rings is 1. The second kappa shape index (κ2) is 6.05. The molecule has 108 valence electrons. The molecule has 0 aliphatic heterocycles. The van der Waals surface area contributed by atoms with Gasteiger partial charge in [-0.1, -0.05) is 12.1 Å². The van der Waals surface area contributed by atoms with Gasteiger partial charge >= 0.3 is 5.97 Å². The van der Waals surface area contributed by atoms with Crippen LogP contribution in [0.5, 0.6) is 0 Å². The normalized spacial score (nSPS) is 15.7. The zero-order valence-electron chi connectivity index (χ0n) is 11.7. The van der Waals surface area contributed by atoms with Crippen molar-refractivity contribution in [3.8, 4) is 0 Å². The third-order valence-corrected chi connectivity index (χ3v) is 3.46. The van der Waals surface area contributed by atoms with Crippen molar-refractivity contribution >= 4 is 11.9 Å². The van der Waals surface area contributed by atoms with Crippen molar-refractivity contribution < 1.29 is 19.4 Å². The lowest BCUT2D eigenvalue weighted by Gasteiger charge is -2.26. The summed E-state index contributed by atoms with van der Waals surface area (Å²) in [5, 5.41) is 9.13. The molecule has 0 aromatic heterocycles. The highest BCUT2D eigenvalue weighted by Gasteiger charge is 2.38. The topological polar surface area (TPSA) is 66.8 Å². The van der Waals surface area contributed by atoms with E-state index < -0.39 is 12.0 Å². The number of methoxy groups -OCH3 is 1. The summed E-state index contributed by atoms with van der Waals surface area (Å²) >= 11 is 0. The fourth-order valence-electron chi connectivity index (χ4n) is 2.19. The average Bonchev–Trinajstić information content (AvgIpc) is 3.24. The smallest absolute Gasteiger partial charge is 0.326 e.